The quantitative estimate of drug-likeness (QED) is 0.885. The van der Waals surface area contributed by atoms with Crippen molar-refractivity contribution in [1.29, 1.82) is 10.5 Å². The van der Waals surface area contributed by atoms with E-state index in [1.54, 1.807) is 31.2 Å². The third-order valence-electron chi connectivity index (χ3n) is 3.28. The van der Waals surface area contributed by atoms with Crippen molar-refractivity contribution in [1.82, 2.24) is 0 Å². The first kappa shape index (κ1) is 18.1. The molecule has 0 fully saturated rings. The third kappa shape index (κ3) is 4.41. The molecular formula is C18H14ClN3O3. The molecule has 25 heavy (non-hydrogen) atoms. The molecule has 2 aromatic carbocycles. The molecule has 2 aromatic rings. The summed E-state index contributed by atoms with van der Waals surface area (Å²) >= 11 is 6.12. The first-order chi connectivity index (χ1) is 12.0. The lowest BCUT2D eigenvalue weighted by Crippen LogP contribution is -2.30. The van der Waals surface area contributed by atoms with Crippen molar-refractivity contribution in [2.75, 3.05) is 12.4 Å². The molecule has 0 saturated heterocycles. The second-order valence-electron chi connectivity index (χ2n) is 5.04. The number of nitriles is 2. The molecular weight excluding hydrogens is 342 g/mol. The van der Waals surface area contributed by atoms with Crippen molar-refractivity contribution in [3.63, 3.8) is 0 Å². The number of nitrogens with one attached hydrogen (secondary N) is 1. The molecule has 1 amide bonds. The van der Waals surface area contributed by atoms with E-state index >= 15 is 0 Å². The average Bonchev–Trinajstić information content (AvgIpc) is 2.62. The summed E-state index contributed by atoms with van der Waals surface area (Å²) in [7, 11) is 1.41. The van der Waals surface area contributed by atoms with Crippen LogP contribution in [0.4, 0.5) is 5.69 Å². The highest BCUT2D eigenvalue weighted by Gasteiger charge is 2.20. The van der Waals surface area contributed by atoms with E-state index in [4.69, 9.17) is 31.6 Å². The zero-order valence-corrected chi connectivity index (χ0v) is 14.3. The van der Waals surface area contributed by atoms with Crippen molar-refractivity contribution in [3.8, 4) is 23.6 Å². The van der Waals surface area contributed by atoms with E-state index in [0.717, 1.165) is 0 Å². The predicted octanol–water partition coefficient (Wildman–Crippen LogP) is 3.50. The number of methoxy groups -OCH3 is 1. The van der Waals surface area contributed by atoms with Crippen LogP contribution in [0.2, 0.25) is 5.02 Å². The minimum atomic E-state index is -0.884. The summed E-state index contributed by atoms with van der Waals surface area (Å²) in [6.07, 6.45) is -0.884. The molecule has 7 heteroatoms. The Kier molecular flexibility index (Phi) is 5.84. The van der Waals surface area contributed by atoms with Gasteiger partial charge >= 0.3 is 0 Å². The Bertz CT molecular complexity index is 884. The van der Waals surface area contributed by atoms with E-state index in [-0.39, 0.29) is 16.5 Å². The molecule has 0 aliphatic carbocycles. The Balaban J connectivity index is 2.16. The number of anilines is 1. The van der Waals surface area contributed by atoms with Gasteiger partial charge in [0.15, 0.2) is 17.6 Å². The fourth-order valence-corrected chi connectivity index (χ4v) is 2.29. The van der Waals surface area contributed by atoms with Crippen molar-refractivity contribution < 1.29 is 14.3 Å². The van der Waals surface area contributed by atoms with Crippen LogP contribution in [0.25, 0.3) is 0 Å². The maximum atomic E-state index is 12.3. The smallest absolute Gasteiger partial charge is 0.265 e. The number of carbonyl (C=O) groups is 1. The first-order valence-electron chi connectivity index (χ1n) is 7.23. The molecule has 0 aliphatic rings. The molecule has 6 nitrogen and oxygen atoms in total. The lowest BCUT2D eigenvalue weighted by molar-refractivity contribution is -0.122. The number of halogens is 1. The molecule has 0 aliphatic heterocycles. The largest absolute Gasteiger partial charge is 0.493 e. The molecule has 0 heterocycles. The van der Waals surface area contributed by atoms with Crippen LogP contribution in [0.15, 0.2) is 36.4 Å². The van der Waals surface area contributed by atoms with Gasteiger partial charge in [0.1, 0.15) is 0 Å². The molecule has 126 valence electrons. The Morgan fingerprint density at radius 1 is 1.20 bits per heavy atom. The summed E-state index contributed by atoms with van der Waals surface area (Å²) in [6, 6.07) is 13.4. The number of ether oxygens (including phenoxy) is 2. The first-order valence-corrected chi connectivity index (χ1v) is 7.61. The van der Waals surface area contributed by atoms with Gasteiger partial charge in [0, 0.05) is 11.8 Å². The van der Waals surface area contributed by atoms with Crippen LogP contribution in [0.5, 0.6) is 11.5 Å². The van der Waals surface area contributed by atoms with Gasteiger partial charge in [0.05, 0.1) is 35.4 Å². The maximum Gasteiger partial charge on any atom is 0.265 e. The highest BCUT2D eigenvalue weighted by molar-refractivity contribution is 6.32. The third-order valence-corrected chi connectivity index (χ3v) is 3.56. The molecule has 0 bridgehead atoms. The van der Waals surface area contributed by atoms with Gasteiger partial charge in [-0.05, 0) is 31.2 Å². The highest BCUT2D eigenvalue weighted by atomic mass is 35.5. The Hall–Kier alpha value is -3.22. The molecule has 0 radical (unpaired) electrons. The second-order valence-corrected chi connectivity index (χ2v) is 5.45. The summed E-state index contributed by atoms with van der Waals surface area (Å²) in [5.74, 6) is 0.0179. The standard InChI is InChI=1S/C18H14ClN3O3/c1-11(18(23)22-14-5-3-4-12(6-14)9-20)25-17-15(19)7-13(10-21)8-16(17)24-2/h3-8,11H,1-2H3,(H,22,23)/t11-/m0/s1. The zero-order valence-electron chi connectivity index (χ0n) is 13.5. The van der Waals surface area contributed by atoms with Crippen LogP contribution < -0.4 is 14.8 Å². The normalized spacial score (nSPS) is 10.9. The van der Waals surface area contributed by atoms with E-state index in [0.29, 0.717) is 16.8 Å². The van der Waals surface area contributed by atoms with Crippen LogP contribution >= 0.6 is 11.6 Å². The van der Waals surface area contributed by atoms with Gasteiger partial charge in [0.25, 0.3) is 5.91 Å². The van der Waals surface area contributed by atoms with Gasteiger partial charge in [-0.15, -0.1) is 0 Å². The van der Waals surface area contributed by atoms with Crippen molar-refractivity contribution in [2.45, 2.75) is 13.0 Å². The SMILES string of the molecule is COc1cc(C#N)cc(Cl)c1O[C@@H](C)C(=O)Nc1cccc(C#N)c1. The molecule has 1 atom stereocenters. The fourth-order valence-electron chi connectivity index (χ4n) is 2.04. The summed E-state index contributed by atoms with van der Waals surface area (Å²) in [5.41, 5.74) is 1.24. The molecule has 0 saturated carbocycles. The molecule has 0 spiro atoms. The summed E-state index contributed by atoms with van der Waals surface area (Å²) in [4.78, 5) is 12.3. The number of amides is 1. The van der Waals surface area contributed by atoms with Crippen molar-refractivity contribution in [3.05, 3.63) is 52.5 Å². The average molecular weight is 356 g/mol. The molecule has 1 N–H and O–H groups in total. The number of hydrogen-bond donors (Lipinski definition) is 1. The van der Waals surface area contributed by atoms with Crippen LogP contribution in [0.3, 0.4) is 0 Å². The number of carbonyl (C=O) groups excluding carboxylic acids is 1. The van der Waals surface area contributed by atoms with Gasteiger partial charge < -0.3 is 14.8 Å². The van der Waals surface area contributed by atoms with Crippen molar-refractivity contribution in [2.24, 2.45) is 0 Å². The van der Waals surface area contributed by atoms with Crippen LogP contribution in [0, 0.1) is 22.7 Å². The van der Waals surface area contributed by atoms with E-state index in [2.05, 4.69) is 5.32 Å². The Morgan fingerprint density at radius 2 is 1.92 bits per heavy atom. The lowest BCUT2D eigenvalue weighted by Gasteiger charge is -2.18. The lowest BCUT2D eigenvalue weighted by atomic mass is 10.2. The van der Waals surface area contributed by atoms with E-state index in [1.165, 1.54) is 19.2 Å². The Labute approximate surface area is 150 Å². The van der Waals surface area contributed by atoms with Crippen LogP contribution in [-0.2, 0) is 4.79 Å². The summed E-state index contributed by atoms with van der Waals surface area (Å²) < 4.78 is 10.8. The maximum absolute atomic E-state index is 12.3. The minimum absolute atomic E-state index is 0.169. The topological polar surface area (TPSA) is 95.1 Å². The van der Waals surface area contributed by atoms with Gasteiger partial charge in [-0.1, -0.05) is 17.7 Å². The van der Waals surface area contributed by atoms with Crippen LogP contribution in [0.1, 0.15) is 18.1 Å². The minimum Gasteiger partial charge on any atom is -0.493 e. The van der Waals surface area contributed by atoms with Gasteiger partial charge in [-0.2, -0.15) is 10.5 Å². The monoisotopic (exact) mass is 355 g/mol. The van der Waals surface area contributed by atoms with Gasteiger partial charge in [-0.25, -0.2) is 0 Å². The molecule has 0 unspecified atom stereocenters. The van der Waals surface area contributed by atoms with E-state index < -0.39 is 12.0 Å². The second kappa shape index (κ2) is 8.05. The summed E-state index contributed by atoms with van der Waals surface area (Å²) in [6.45, 7) is 1.55. The zero-order chi connectivity index (χ0) is 18.4. The Morgan fingerprint density at radius 3 is 2.56 bits per heavy atom. The highest BCUT2D eigenvalue weighted by Crippen LogP contribution is 2.37. The predicted molar refractivity (Wildman–Crippen MR) is 92.6 cm³/mol. The number of benzene rings is 2. The van der Waals surface area contributed by atoms with E-state index in [1.807, 2.05) is 12.1 Å². The molecule has 0 aromatic heterocycles. The fraction of sp³-hybridized carbons (Fsp3) is 0.167. The van der Waals surface area contributed by atoms with E-state index in [9.17, 15) is 4.79 Å². The summed E-state index contributed by atoms with van der Waals surface area (Å²) in [5, 5.41) is 20.7. The number of nitrogens with zero attached hydrogens (tertiary/aromatic N) is 2. The molecule has 2 rings (SSSR count). The van der Waals surface area contributed by atoms with Crippen molar-refractivity contribution >= 4 is 23.2 Å². The van der Waals surface area contributed by atoms with Gasteiger partial charge in [-0.3, -0.25) is 4.79 Å². The number of rotatable bonds is 5. The van der Waals surface area contributed by atoms with Gasteiger partial charge in [0.2, 0.25) is 0 Å². The number of hydrogen-bond acceptors (Lipinski definition) is 5. The van der Waals surface area contributed by atoms with Crippen LogP contribution in [-0.4, -0.2) is 19.1 Å².